The topological polar surface area (TPSA) is 53.7 Å². The van der Waals surface area contributed by atoms with Gasteiger partial charge >= 0.3 is 0 Å². The lowest BCUT2D eigenvalue weighted by atomic mass is 10.1. The van der Waals surface area contributed by atoms with Gasteiger partial charge in [0.25, 0.3) is 0 Å². The van der Waals surface area contributed by atoms with E-state index in [0.717, 1.165) is 23.0 Å². The lowest BCUT2D eigenvalue weighted by Crippen LogP contribution is -2.34. The van der Waals surface area contributed by atoms with Crippen LogP contribution in [0.4, 0.5) is 0 Å². The Kier molecular flexibility index (Phi) is 1.30. The van der Waals surface area contributed by atoms with Crippen LogP contribution in [0, 0.1) is 4.91 Å². The largest absolute Gasteiger partial charge is 0.231 e. The fraction of sp³-hybridized carbons (Fsp3) is 0.111. The third kappa shape index (κ3) is 0.834. The van der Waals surface area contributed by atoms with Crippen molar-refractivity contribution in [2.24, 2.45) is 0 Å². The lowest BCUT2D eigenvalue weighted by Gasteiger charge is -2.06. The van der Waals surface area contributed by atoms with Crippen molar-refractivity contribution in [1.29, 1.82) is 0 Å². The first-order chi connectivity index (χ1) is 6.86. The highest BCUT2D eigenvalue weighted by Crippen LogP contribution is 2.18. The van der Waals surface area contributed by atoms with Crippen LogP contribution in [0.3, 0.4) is 0 Å². The second-order valence-electron chi connectivity index (χ2n) is 3.16. The molecule has 0 fully saturated rings. The molecule has 0 unspecified atom stereocenters. The quantitative estimate of drug-likeness (QED) is 0.560. The molecule has 1 aromatic heterocycles. The van der Waals surface area contributed by atoms with Crippen molar-refractivity contribution in [2.75, 3.05) is 0 Å². The highest BCUT2D eigenvalue weighted by Gasteiger charge is 2.16. The molecule has 68 valence electrons. The molecule has 0 radical (unpaired) electrons. The maximum Gasteiger partial charge on any atom is 0.231 e. The summed E-state index contributed by atoms with van der Waals surface area (Å²) in [7, 11) is 0. The standard InChI is InChI=1S/C9H7N4O/c14-13-11-10-8-5-1-3-7-4-2-6-12(13)9(7)8/h1-3,5-6H,4H2/q+1. The molecule has 1 aromatic carbocycles. The summed E-state index contributed by atoms with van der Waals surface area (Å²) in [6, 6.07) is 5.76. The van der Waals surface area contributed by atoms with E-state index in [1.54, 1.807) is 6.20 Å². The highest BCUT2D eigenvalue weighted by molar-refractivity contribution is 5.80. The summed E-state index contributed by atoms with van der Waals surface area (Å²) in [6.07, 6.45) is 4.48. The minimum Gasteiger partial charge on any atom is -0.123 e. The molecule has 0 saturated heterocycles. The van der Waals surface area contributed by atoms with Crippen LogP contribution in [0.25, 0.3) is 17.2 Å². The van der Waals surface area contributed by atoms with E-state index in [4.69, 9.17) is 0 Å². The molecule has 0 bridgehead atoms. The van der Waals surface area contributed by atoms with Gasteiger partial charge < -0.3 is 0 Å². The first kappa shape index (κ1) is 7.37. The van der Waals surface area contributed by atoms with Crippen molar-refractivity contribution in [3.63, 3.8) is 0 Å². The van der Waals surface area contributed by atoms with E-state index in [1.165, 1.54) is 4.68 Å². The van der Waals surface area contributed by atoms with Gasteiger partial charge in [-0.1, -0.05) is 18.2 Å². The minimum atomic E-state index is 0.488. The molecule has 5 nitrogen and oxygen atoms in total. The van der Waals surface area contributed by atoms with Crippen molar-refractivity contribution in [2.45, 2.75) is 6.42 Å². The molecule has 14 heavy (non-hydrogen) atoms. The Balaban J connectivity index is 2.63. The van der Waals surface area contributed by atoms with E-state index in [1.807, 2.05) is 24.3 Å². The first-order valence-corrected chi connectivity index (χ1v) is 4.33. The average Bonchev–Trinajstić information content (AvgIpc) is 2.24. The van der Waals surface area contributed by atoms with Crippen molar-refractivity contribution in [3.8, 4) is 0 Å². The zero-order valence-electron chi connectivity index (χ0n) is 7.29. The average molecular weight is 187 g/mol. The second kappa shape index (κ2) is 2.47. The SMILES string of the molecule is O=[n+]1nnc2cccc3c2n1C=CC3. The predicted molar refractivity (Wildman–Crippen MR) is 49.9 cm³/mol. The van der Waals surface area contributed by atoms with Crippen LogP contribution in [0.5, 0.6) is 0 Å². The van der Waals surface area contributed by atoms with E-state index in [-0.39, 0.29) is 0 Å². The molecule has 3 rings (SSSR count). The molecule has 1 aliphatic heterocycles. The monoisotopic (exact) mass is 187 g/mol. The molecule has 2 aromatic rings. The summed E-state index contributed by atoms with van der Waals surface area (Å²) in [5.74, 6) is 0. The summed E-state index contributed by atoms with van der Waals surface area (Å²) in [5.41, 5.74) is 2.70. The summed E-state index contributed by atoms with van der Waals surface area (Å²) in [6.45, 7) is 0. The molecule has 1 aliphatic rings. The normalized spacial score (nSPS) is 13.4. The Morgan fingerprint density at radius 3 is 3.29 bits per heavy atom. The Labute approximate surface area is 78.9 Å². The molecular formula is C9H7N4O+. The van der Waals surface area contributed by atoms with Crippen LogP contribution < -0.4 is 4.66 Å². The molecule has 2 heterocycles. The predicted octanol–water partition coefficient (Wildman–Crippen LogP) is 0.373. The van der Waals surface area contributed by atoms with Crippen molar-refractivity contribution < 1.29 is 4.66 Å². The fourth-order valence-corrected chi connectivity index (χ4v) is 1.71. The van der Waals surface area contributed by atoms with Crippen molar-refractivity contribution >= 4 is 17.2 Å². The zero-order chi connectivity index (χ0) is 9.54. The van der Waals surface area contributed by atoms with Crippen molar-refractivity contribution in [1.82, 2.24) is 15.0 Å². The maximum atomic E-state index is 11.3. The number of hydrogen-bond acceptors (Lipinski definition) is 3. The third-order valence-corrected chi connectivity index (χ3v) is 2.33. The molecule has 5 heteroatoms. The third-order valence-electron chi connectivity index (χ3n) is 2.33. The van der Waals surface area contributed by atoms with Crippen LogP contribution in [-0.2, 0) is 6.42 Å². The van der Waals surface area contributed by atoms with Gasteiger partial charge in [0.15, 0.2) is 0 Å². The lowest BCUT2D eigenvalue weighted by molar-refractivity contribution is -0.648. The van der Waals surface area contributed by atoms with Gasteiger partial charge in [-0.05, 0) is 23.0 Å². The Bertz CT molecular complexity index is 599. The number of nitrogens with zero attached hydrogens (tertiary/aromatic N) is 4. The van der Waals surface area contributed by atoms with Gasteiger partial charge in [0.05, 0.1) is 11.3 Å². The highest BCUT2D eigenvalue weighted by atomic mass is 16.3. The van der Waals surface area contributed by atoms with E-state index in [2.05, 4.69) is 10.3 Å². The molecule has 0 aliphatic carbocycles. The number of para-hydroxylation sites is 1. The van der Waals surface area contributed by atoms with Crippen LogP contribution in [-0.4, -0.2) is 15.0 Å². The van der Waals surface area contributed by atoms with Gasteiger partial charge in [-0.25, -0.2) is 0 Å². The molecular weight excluding hydrogens is 180 g/mol. The van der Waals surface area contributed by atoms with Crippen molar-refractivity contribution in [3.05, 3.63) is 34.7 Å². The van der Waals surface area contributed by atoms with E-state index >= 15 is 0 Å². The summed E-state index contributed by atoms with van der Waals surface area (Å²) in [5, 5.41) is 7.31. The smallest absolute Gasteiger partial charge is 0.123 e. The molecule has 0 spiro atoms. The number of hydrogen-bond donors (Lipinski definition) is 0. The van der Waals surface area contributed by atoms with Gasteiger partial charge in [-0.3, -0.25) is 0 Å². The fourth-order valence-electron chi connectivity index (χ4n) is 1.71. The summed E-state index contributed by atoms with van der Waals surface area (Å²) < 4.78 is 1.95. The Morgan fingerprint density at radius 1 is 1.43 bits per heavy atom. The number of benzene rings is 1. The number of aromatic nitrogens is 4. The van der Waals surface area contributed by atoms with Crippen LogP contribution >= 0.6 is 0 Å². The molecule has 0 N–H and O–H groups in total. The molecule has 0 atom stereocenters. The maximum absolute atomic E-state index is 11.3. The summed E-state index contributed by atoms with van der Waals surface area (Å²) in [4.78, 5) is 11.3. The van der Waals surface area contributed by atoms with Gasteiger partial charge in [-0.2, -0.15) is 0 Å². The minimum absolute atomic E-state index is 0.488. The number of allylic oxidation sites excluding steroid dienone is 1. The van der Waals surface area contributed by atoms with Gasteiger partial charge in [0.2, 0.25) is 15.4 Å². The van der Waals surface area contributed by atoms with Crippen LogP contribution in [0.2, 0.25) is 0 Å². The molecule has 0 amide bonds. The van der Waals surface area contributed by atoms with Crippen LogP contribution in [0.1, 0.15) is 5.56 Å². The van der Waals surface area contributed by atoms with E-state index < -0.39 is 0 Å². The Hall–Kier alpha value is -2.04. The van der Waals surface area contributed by atoms with Gasteiger partial charge in [0.1, 0.15) is 5.52 Å². The molecule has 0 saturated carbocycles. The Morgan fingerprint density at radius 2 is 2.36 bits per heavy atom. The summed E-state index contributed by atoms with van der Waals surface area (Å²) >= 11 is 0. The second-order valence-corrected chi connectivity index (χ2v) is 3.16. The zero-order valence-corrected chi connectivity index (χ0v) is 7.29. The van der Waals surface area contributed by atoms with Gasteiger partial charge in [0, 0.05) is 0 Å². The van der Waals surface area contributed by atoms with Crippen LogP contribution in [0.15, 0.2) is 24.3 Å². The van der Waals surface area contributed by atoms with E-state index in [0.29, 0.717) is 4.66 Å². The van der Waals surface area contributed by atoms with E-state index in [9.17, 15) is 4.91 Å². The first-order valence-electron chi connectivity index (χ1n) is 4.33. The number of rotatable bonds is 0. The van der Waals surface area contributed by atoms with Gasteiger partial charge in [-0.15, -0.1) is 4.68 Å².